The predicted octanol–water partition coefficient (Wildman–Crippen LogP) is 1.45. The summed E-state index contributed by atoms with van der Waals surface area (Å²) in [5.41, 5.74) is 5.07. The van der Waals surface area contributed by atoms with E-state index in [-0.39, 0.29) is 5.57 Å². The molecule has 0 saturated carbocycles. The summed E-state index contributed by atoms with van der Waals surface area (Å²) in [6, 6.07) is 9.03. The Labute approximate surface area is 121 Å². The fourth-order valence-electron chi connectivity index (χ4n) is 1.06. The number of aliphatic carboxylic acids is 2. The maximum Gasteiger partial charge on any atom is 0.335 e. The molecule has 0 saturated heterocycles. The summed E-state index contributed by atoms with van der Waals surface area (Å²) in [4.78, 5) is 30.5. The molecular weight excluding hydrogens is 274 g/mol. The van der Waals surface area contributed by atoms with Gasteiger partial charge in [-0.05, 0) is 17.7 Å². The van der Waals surface area contributed by atoms with Crippen LogP contribution >= 0.6 is 0 Å². The van der Waals surface area contributed by atoms with Gasteiger partial charge in [0.05, 0.1) is 5.57 Å². The smallest absolute Gasteiger partial charge is 0.335 e. The van der Waals surface area contributed by atoms with Crippen LogP contribution in [0.15, 0.2) is 60.7 Å². The van der Waals surface area contributed by atoms with E-state index in [0.717, 1.165) is 11.6 Å². The van der Waals surface area contributed by atoms with Crippen molar-refractivity contribution in [3.63, 3.8) is 0 Å². The van der Waals surface area contributed by atoms with Crippen LogP contribution in [-0.2, 0) is 14.4 Å². The van der Waals surface area contributed by atoms with Crippen molar-refractivity contribution in [3.8, 4) is 0 Å². The van der Waals surface area contributed by atoms with Gasteiger partial charge in [0.2, 0.25) is 5.91 Å². The molecule has 0 aliphatic heterocycles. The number of benzene rings is 1. The second-order valence-corrected chi connectivity index (χ2v) is 3.59. The standard InChI is InChI=1S/C12H10O4.C3H5NO/c13-11(14)8-10(12(15)16)7-6-9-4-2-1-3-5-9;1-2-3(4)5/h1-8H,(H,13,14)(H,15,16);2H,1H2,(H2,4,5)/b7-6?,10-8-;. The summed E-state index contributed by atoms with van der Waals surface area (Å²) >= 11 is 0. The maximum absolute atomic E-state index is 10.7. The van der Waals surface area contributed by atoms with Crippen molar-refractivity contribution in [2.75, 3.05) is 0 Å². The first kappa shape index (κ1) is 17.8. The van der Waals surface area contributed by atoms with E-state index in [1.807, 2.05) is 6.07 Å². The molecule has 0 heterocycles. The van der Waals surface area contributed by atoms with E-state index >= 15 is 0 Å². The lowest BCUT2D eigenvalue weighted by Gasteiger charge is -1.94. The van der Waals surface area contributed by atoms with Crippen LogP contribution < -0.4 is 5.73 Å². The van der Waals surface area contributed by atoms with Crippen molar-refractivity contribution in [1.82, 2.24) is 0 Å². The molecule has 0 aromatic heterocycles. The van der Waals surface area contributed by atoms with Crippen molar-refractivity contribution < 1.29 is 24.6 Å². The fourth-order valence-corrected chi connectivity index (χ4v) is 1.06. The molecule has 21 heavy (non-hydrogen) atoms. The largest absolute Gasteiger partial charge is 0.478 e. The number of amides is 1. The van der Waals surface area contributed by atoms with Crippen molar-refractivity contribution in [2.45, 2.75) is 0 Å². The number of primary amides is 1. The minimum Gasteiger partial charge on any atom is -0.478 e. The predicted molar refractivity (Wildman–Crippen MR) is 78.2 cm³/mol. The molecule has 0 fully saturated rings. The van der Waals surface area contributed by atoms with E-state index < -0.39 is 17.8 Å². The molecular formula is C15H15NO5. The molecule has 0 aliphatic rings. The molecule has 0 unspecified atom stereocenters. The Bertz CT molecular complexity index is 573. The van der Waals surface area contributed by atoms with Crippen molar-refractivity contribution in [2.24, 2.45) is 5.73 Å². The number of carbonyl (C=O) groups is 3. The average Bonchev–Trinajstić information content (AvgIpc) is 2.44. The number of hydrogen-bond acceptors (Lipinski definition) is 3. The minimum absolute atomic E-state index is 0.267. The van der Waals surface area contributed by atoms with Crippen molar-refractivity contribution in [3.05, 3.63) is 66.3 Å². The zero-order valence-corrected chi connectivity index (χ0v) is 11.1. The molecule has 6 heteroatoms. The van der Waals surface area contributed by atoms with Gasteiger partial charge in [-0.15, -0.1) is 0 Å². The van der Waals surface area contributed by atoms with E-state index in [0.29, 0.717) is 6.08 Å². The second kappa shape index (κ2) is 9.74. The van der Waals surface area contributed by atoms with Gasteiger partial charge in [-0.25, -0.2) is 9.59 Å². The lowest BCUT2D eigenvalue weighted by atomic mass is 10.1. The number of rotatable bonds is 5. The first-order valence-electron chi connectivity index (χ1n) is 5.69. The van der Waals surface area contributed by atoms with Crippen LogP contribution in [0.25, 0.3) is 6.08 Å². The van der Waals surface area contributed by atoms with Crippen LogP contribution in [0.4, 0.5) is 0 Å². The van der Waals surface area contributed by atoms with E-state index in [2.05, 4.69) is 12.3 Å². The van der Waals surface area contributed by atoms with Crippen molar-refractivity contribution in [1.29, 1.82) is 0 Å². The van der Waals surface area contributed by atoms with Gasteiger partial charge < -0.3 is 15.9 Å². The van der Waals surface area contributed by atoms with Gasteiger partial charge in [0, 0.05) is 6.08 Å². The highest BCUT2D eigenvalue weighted by Gasteiger charge is 2.04. The Morgan fingerprint density at radius 2 is 1.62 bits per heavy atom. The Morgan fingerprint density at radius 3 is 2.00 bits per heavy atom. The molecule has 4 N–H and O–H groups in total. The van der Waals surface area contributed by atoms with E-state index in [4.69, 9.17) is 10.2 Å². The normalized spacial score (nSPS) is 10.4. The molecule has 1 rings (SSSR count). The number of carbonyl (C=O) groups excluding carboxylic acids is 1. The monoisotopic (exact) mass is 289 g/mol. The summed E-state index contributed by atoms with van der Waals surface area (Å²) in [6.45, 7) is 3.09. The summed E-state index contributed by atoms with van der Waals surface area (Å²) in [5, 5.41) is 17.2. The Kier molecular flexibility index (Phi) is 8.28. The lowest BCUT2D eigenvalue weighted by molar-refractivity contribution is -0.134. The minimum atomic E-state index is -1.28. The van der Waals surface area contributed by atoms with Crippen molar-refractivity contribution >= 4 is 23.9 Å². The zero-order chi connectivity index (χ0) is 16.3. The molecule has 0 atom stereocenters. The molecule has 1 amide bonds. The number of nitrogens with two attached hydrogens (primary N) is 1. The Morgan fingerprint density at radius 1 is 1.10 bits per heavy atom. The first-order chi connectivity index (χ1) is 9.86. The quantitative estimate of drug-likeness (QED) is 0.560. The van der Waals surface area contributed by atoms with Crippen LogP contribution in [0, 0.1) is 0 Å². The van der Waals surface area contributed by atoms with Crippen LogP contribution in [0.5, 0.6) is 0 Å². The maximum atomic E-state index is 10.7. The van der Waals surface area contributed by atoms with E-state index in [1.165, 1.54) is 6.08 Å². The fraction of sp³-hybridized carbons (Fsp3) is 0. The number of hydrogen-bond donors (Lipinski definition) is 3. The summed E-state index contributed by atoms with van der Waals surface area (Å²) < 4.78 is 0. The molecule has 0 bridgehead atoms. The molecule has 1 aromatic rings. The van der Waals surface area contributed by atoms with Crippen LogP contribution in [0.3, 0.4) is 0 Å². The van der Waals surface area contributed by atoms with Gasteiger partial charge in [0.25, 0.3) is 0 Å². The molecule has 0 radical (unpaired) electrons. The Balaban J connectivity index is 0.000000690. The number of carboxylic acid groups (broad SMARTS) is 2. The van der Waals surface area contributed by atoms with Crippen LogP contribution in [0.2, 0.25) is 0 Å². The topological polar surface area (TPSA) is 118 Å². The molecule has 0 aliphatic carbocycles. The van der Waals surface area contributed by atoms with E-state index in [9.17, 15) is 14.4 Å². The van der Waals surface area contributed by atoms with Gasteiger partial charge >= 0.3 is 11.9 Å². The molecule has 0 spiro atoms. The third kappa shape index (κ3) is 9.43. The Hall–Kier alpha value is -3.15. The van der Waals surface area contributed by atoms with Gasteiger partial charge in [0.1, 0.15) is 0 Å². The zero-order valence-electron chi connectivity index (χ0n) is 11.1. The molecule has 110 valence electrons. The first-order valence-corrected chi connectivity index (χ1v) is 5.69. The van der Waals surface area contributed by atoms with Gasteiger partial charge in [-0.2, -0.15) is 0 Å². The summed E-state index contributed by atoms with van der Waals surface area (Å²) in [6.07, 6.45) is 4.51. The van der Waals surface area contributed by atoms with Crippen LogP contribution in [-0.4, -0.2) is 28.1 Å². The average molecular weight is 289 g/mol. The summed E-state index contributed by atoms with van der Waals surface area (Å²) in [5.74, 6) is -3.03. The van der Waals surface area contributed by atoms with E-state index in [1.54, 1.807) is 30.3 Å². The van der Waals surface area contributed by atoms with Crippen LogP contribution in [0.1, 0.15) is 5.56 Å². The van der Waals surface area contributed by atoms with Gasteiger partial charge in [-0.1, -0.05) is 43.0 Å². The lowest BCUT2D eigenvalue weighted by Crippen LogP contribution is -2.04. The van der Waals surface area contributed by atoms with Gasteiger partial charge in [0.15, 0.2) is 0 Å². The number of carboxylic acids is 2. The SMILES string of the molecule is C=CC(N)=O.O=C(O)/C=C(/C=Cc1ccccc1)C(=O)O. The summed E-state index contributed by atoms with van der Waals surface area (Å²) in [7, 11) is 0. The second-order valence-electron chi connectivity index (χ2n) is 3.59. The van der Waals surface area contributed by atoms with Gasteiger partial charge in [-0.3, -0.25) is 4.79 Å². The highest BCUT2D eigenvalue weighted by Crippen LogP contribution is 2.05. The highest BCUT2D eigenvalue weighted by molar-refractivity contribution is 5.97. The molecule has 1 aromatic carbocycles. The third-order valence-electron chi connectivity index (χ3n) is 1.98. The highest BCUT2D eigenvalue weighted by atomic mass is 16.4. The third-order valence-corrected chi connectivity index (χ3v) is 1.98. The molecule has 6 nitrogen and oxygen atoms in total.